The van der Waals surface area contributed by atoms with Crippen molar-refractivity contribution in [2.24, 2.45) is 5.92 Å². The van der Waals surface area contributed by atoms with E-state index in [0.29, 0.717) is 25.6 Å². The van der Waals surface area contributed by atoms with E-state index in [4.69, 9.17) is 0 Å². The molecular formula is C25H24N2O2S. The van der Waals surface area contributed by atoms with Crippen molar-refractivity contribution < 1.29 is 4.79 Å². The highest BCUT2D eigenvalue weighted by molar-refractivity contribution is 7.98. The van der Waals surface area contributed by atoms with Gasteiger partial charge in [-0.15, -0.1) is 11.8 Å². The molecule has 2 atom stereocenters. The molecular weight excluding hydrogens is 392 g/mol. The van der Waals surface area contributed by atoms with Gasteiger partial charge in [-0.3, -0.25) is 9.59 Å². The van der Waals surface area contributed by atoms with Crippen molar-refractivity contribution in [3.05, 3.63) is 88.3 Å². The molecule has 2 aromatic carbocycles. The van der Waals surface area contributed by atoms with Crippen LogP contribution in [0.15, 0.2) is 76.4 Å². The minimum Gasteiger partial charge on any atom is -0.338 e. The second-order valence-electron chi connectivity index (χ2n) is 8.19. The van der Waals surface area contributed by atoms with E-state index in [9.17, 15) is 9.59 Å². The highest BCUT2D eigenvalue weighted by atomic mass is 32.2. The van der Waals surface area contributed by atoms with E-state index in [1.165, 1.54) is 4.90 Å². The van der Waals surface area contributed by atoms with Gasteiger partial charge in [-0.25, -0.2) is 0 Å². The third kappa shape index (κ3) is 3.37. The molecule has 4 nitrogen and oxygen atoms in total. The summed E-state index contributed by atoms with van der Waals surface area (Å²) in [5, 5.41) is 0. The third-order valence-corrected chi connectivity index (χ3v) is 7.06. The molecule has 1 aromatic heterocycles. The first-order valence-electron chi connectivity index (χ1n) is 10.4. The third-order valence-electron chi connectivity index (χ3n) is 6.31. The maximum Gasteiger partial charge on any atom is 0.258 e. The molecule has 0 spiro atoms. The van der Waals surface area contributed by atoms with Gasteiger partial charge >= 0.3 is 0 Å². The van der Waals surface area contributed by atoms with Crippen LogP contribution in [0.25, 0.3) is 11.1 Å². The van der Waals surface area contributed by atoms with Crippen LogP contribution in [0.5, 0.6) is 0 Å². The Labute approximate surface area is 180 Å². The molecule has 30 heavy (non-hydrogen) atoms. The maximum atomic E-state index is 13.3. The fraction of sp³-hybridized carbons (Fsp3) is 0.280. The highest BCUT2D eigenvalue weighted by Crippen LogP contribution is 2.36. The minimum absolute atomic E-state index is 0.0851. The van der Waals surface area contributed by atoms with Crippen LogP contribution < -0.4 is 5.56 Å². The summed E-state index contributed by atoms with van der Waals surface area (Å²) < 4.78 is 1.96. The van der Waals surface area contributed by atoms with Gasteiger partial charge in [-0.05, 0) is 60.6 Å². The molecule has 5 rings (SSSR count). The number of nitrogens with zero attached hydrogens (tertiary/aromatic N) is 2. The average Bonchev–Trinajstić information content (AvgIpc) is 2.80. The van der Waals surface area contributed by atoms with Crippen molar-refractivity contribution in [2.45, 2.75) is 23.8 Å². The Hall–Kier alpha value is -2.79. The number of rotatable bonds is 3. The largest absolute Gasteiger partial charge is 0.338 e. The fourth-order valence-electron chi connectivity index (χ4n) is 4.87. The van der Waals surface area contributed by atoms with Crippen molar-refractivity contribution in [3.8, 4) is 11.1 Å². The SMILES string of the molecule is CSc1ccc(-c2ccc3n(c2=O)C[C@@H]2C[C@@H]3CN(C(=O)c3ccccc3)C2)cc1. The number of carbonyl (C=O) groups is 1. The first-order chi connectivity index (χ1) is 14.6. The van der Waals surface area contributed by atoms with Gasteiger partial charge < -0.3 is 9.47 Å². The number of benzene rings is 2. The van der Waals surface area contributed by atoms with Crippen LogP contribution in [0.3, 0.4) is 0 Å². The molecule has 3 heterocycles. The monoisotopic (exact) mass is 416 g/mol. The zero-order valence-electron chi connectivity index (χ0n) is 17.0. The molecule has 1 amide bonds. The lowest BCUT2D eigenvalue weighted by molar-refractivity contribution is 0.0594. The van der Waals surface area contributed by atoms with Crippen LogP contribution >= 0.6 is 11.8 Å². The van der Waals surface area contributed by atoms with Crippen molar-refractivity contribution in [1.82, 2.24) is 9.47 Å². The van der Waals surface area contributed by atoms with E-state index in [2.05, 4.69) is 18.2 Å². The molecule has 0 N–H and O–H groups in total. The molecule has 0 radical (unpaired) electrons. The van der Waals surface area contributed by atoms with E-state index < -0.39 is 0 Å². The number of piperidine rings is 1. The van der Waals surface area contributed by atoms with Crippen LogP contribution in [0.4, 0.5) is 0 Å². The molecule has 0 aliphatic carbocycles. The molecule has 3 aromatic rings. The normalized spacial score (nSPS) is 20.0. The van der Waals surface area contributed by atoms with Crippen LogP contribution in [0.1, 0.15) is 28.4 Å². The van der Waals surface area contributed by atoms with Gasteiger partial charge in [0.1, 0.15) is 0 Å². The number of aromatic nitrogens is 1. The molecule has 1 fully saturated rings. The van der Waals surface area contributed by atoms with E-state index in [0.717, 1.165) is 28.8 Å². The zero-order valence-corrected chi connectivity index (χ0v) is 17.8. The van der Waals surface area contributed by atoms with Crippen molar-refractivity contribution in [3.63, 3.8) is 0 Å². The molecule has 5 heteroatoms. The predicted molar refractivity (Wildman–Crippen MR) is 121 cm³/mol. The van der Waals surface area contributed by atoms with Crippen molar-refractivity contribution >= 4 is 17.7 Å². The standard InChI is InChI=1S/C25H24N2O2S/c1-30-21-9-7-18(8-10-21)22-11-12-23-20-13-17(15-27(23)25(22)29)14-26(16-20)24(28)19-5-3-2-4-6-19/h2-12,17,20H,13-16H2,1H3/t17-,20-/m1/s1. The molecule has 2 aliphatic heterocycles. The Morgan fingerprint density at radius 1 is 0.933 bits per heavy atom. The van der Waals surface area contributed by atoms with Gasteiger partial charge in [0, 0.05) is 47.3 Å². The topological polar surface area (TPSA) is 42.3 Å². The first kappa shape index (κ1) is 19.2. The lowest BCUT2D eigenvalue weighted by atomic mass is 9.82. The number of carbonyl (C=O) groups excluding carboxylic acids is 1. The average molecular weight is 417 g/mol. The number of amides is 1. The van der Waals surface area contributed by atoms with Crippen molar-refractivity contribution in [1.29, 1.82) is 0 Å². The van der Waals surface area contributed by atoms with Gasteiger partial charge in [0.15, 0.2) is 0 Å². The number of hydrogen-bond acceptors (Lipinski definition) is 3. The Morgan fingerprint density at radius 3 is 2.43 bits per heavy atom. The summed E-state index contributed by atoms with van der Waals surface area (Å²) in [6.07, 6.45) is 3.09. The zero-order chi connectivity index (χ0) is 20.7. The first-order valence-corrected chi connectivity index (χ1v) is 11.6. The Kier molecular flexibility index (Phi) is 4.99. The quantitative estimate of drug-likeness (QED) is 0.591. The fourth-order valence-corrected chi connectivity index (χ4v) is 5.27. The molecule has 0 saturated carbocycles. The lowest BCUT2D eigenvalue weighted by Crippen LogP contribution is -2.49. The smallest absolute Gasteiger partial charge is 0.258 e. The Balaban J connectivity index is 1.45. The minimum atomic E-state index is 0.0851. The Morgan fingerprint density at radius 2 is 1.70 bits per heavy atom. The number of hydrogen-bond donors (Lipinski definition) is 0. The van der Waals surface area contributed by atoms with Crippen LogP contribution in [0, 0.1) is 5.92 Å². The predicted octanol–water partition coefficient (Wildman–Crippen LogP) is 4.50. The summed E-state index contributed by atoms with van der Waals surface area (Å²) >= 11 is 1.70. The van der Waals surface area contributed by atoms with E-state index in [1.54, 1.807) is 11.8 Å². The van der Waals surface area contributed by atoms with Gasteiger partial charge in [-0.2, -0.15) is 0 Å². The summed E-state index contributed by atoms with van der Waals surface area (Å²) in [6.45, 7) is 2.06. The van der Waals surface area contributed by atoms with Crippen LogP contribution in [-0.4, -0.2) is 34.7 Å². The molecule has 0 unspecified atom stereocenters. The molecule has 1 saturated heterocycles. The Bertz CT molecular complexity index is 1140. The van der Waals surface area contributed by atoms with Crippen LogP contribution in [-0.2, 0) is 6.54 Å². The summed E-state index contributed by atoms with van der Waals surface area (Å²) in [7, 11) is 0. The van der Waals surface area contributed by atoms with E-state index in [-0.39, 0.29) is 17.4 Å². The molecule has 2 bridgehead atoms. The van der Waals surface area contributed by atoms with Gasteiger partial charge in [0.2, 0.25) is 0 Å². The highest BCUT2D eigenvalue weighted by Gasteiger charge is 2.36. The van der Waals surface area contributed by atoms with Crippen LogP contribution in [0.2, 0.25) is 0 Å². The van der Waals surface area contributed by atoms with E-state index in [1.807, 2.05) is 64.3 Å². The maximum absolute atomic E-state index is 13.3. The van der Waals surface area contributed by atoms with Crippen molar-refractivity contribution in [2.75, 3.05) is 19.3 Å². The summed E-state index contributed by atoms with van der Waals surface area (Å²) in [5.74, 6) is 0.619. The van der Waals surface area contributed by atoms with Gasteiger partial charge in [-0.1, -0.05) is 30.3 Å². The summed E-state index contributed by atoms with van der Waals surface area (Å²) in [6, 6.07) is 21.7. The second kappa shape index (κ2) is 7.80. The van der Waals surface area contributed by atoms with Gasteiger partial charge in [0.25, 0.3) is 11.5 Å². The summed E-state index contributed by atoms with van der Waals surface area (Å²) in [5.41, 5.74) is 3.60. The molecule has 2 aliphatic rings. The number of likely N-dealkylation sites (tertiary alicyclic amines) is 1. The summed E-state index contributed by atoms with van der Waals surface area (Å²) in [4.78, 5) is 29.4. The van der Waals surface area contributed by atoms with E-state index >= 15 is 0 Å². The molecule has 152 valence electrons. The number of pyridine rings is 1. The lowest BCUT2D eigenvalue weighted by Gasteiger charge is -2.43. The number of thioether (sulfide) groups is 1. The number of fused-ring (bicyclic) bond motifs is 4. The second-order valence-corrected chi connectivity index (χ2v) is 9.07. The van der Waals surface area contributed by atoms with Gasteiger partial charge in [0.05, 0.1) is 0 Å².